The molecule has 0 aliphatic rings. The molecule has 0 atom stereocenters. The zero-order valence-electron chi connectivity index (χ0n) is 14.3. The van der Waals surface area contributed by atoms with Crippen molar-refractivity contribution in [1.82, 2.24) is 10.1 Å². The Kier molecular flexibility index (Phi) is 5.07. The van der Waals surface area contributed by atoms with Crippen LogP contribution in [0.1, 0.15) is 10.4 Å². The minimum absolute atomic E-state index is 0.202. The molecule has 3 aromatic rings. The van der Waals surface area contributed by atoms with Crippen LogP contribution in [0.3, 0.4) is 0 Å². The Balaban J connectivity index is 1.75. The minimum atomic E-state index is -4.77. The maximum Gasteiger partial charge on any atom is 0.573 e. The molecule has 0 saturated heterocycles. The van der Waals surface area contributed by atoms with E-state index in [0.29, 0.717) is 11.3 Å². The average Bonchev–Trinajstić information content (AvgIpc) is 3.16. The fourth-order valence-corrected chi connectivity index (χ4v) is 2.33. The number of H-pyrrole nitrogens is 1. The largest absolute Gasteiger partial charge is 0.573 e. The summed E-state index contributed by atoms with van der Waals surface area (Å²) in [6, 6.07) is 10.9. The monoisotopic (exact) mass is 392 g/mol. The molecule has 0 aliphatic heterocycles. The molecular formula is C17H13F3N5O3+. The van der Waals surface area contributed by atoms with Crippen LogP contribution in [-0.4, -0.2) is 29.4 Å². The summed E-state index contributed by atoms with van der Waals surface area (Å²) in [6.07, 6.45) is -3.39. The highest BCUT2D eigenvalue weighted by atomic mass is 19.4. The SMILES string of the molecule is CN(C(=O)c1ccc(N=O)cc1)c1nc[n+](-c2ccc(OC(F)(F)F)cc2)[nH]1. The number of anilines is 1. The number of rotatable bonds is 5. The molecule has 1 heterocycles. The average molecular weight is 392 g/mol. The lowest BCUT2D eigenvalue weighted by Crippen LogP contribution is -2.34. The van der Waals surface area contributed by atoms with Crippen LogP contribution in [0.25, 0.3) is 5.69 Å². The van der Waals surface area contributed by atoms with Crippen molar-refractivity contribution in [2.45, 2.75) is 6.36 Å². The van der Waals surface area contributed by atoms with Gasteiger partial charge < -0.3 is 4.74 Å². The van der Waals surface area contributed by atoms with Gasteiger partial charge in [-0.2, -0.15) is 5.10 Å². The molecule has 8 nitrogen and oxygen atoms in total. The lowest BCUT2D eigenvalue weighted by molar-refractivity contribution is -0.656. The van der Waals surface area contributed by atoms with Gasteiger partial charge in [0.15, 0.2) is 5.69 Å². The molecule has 2 aromatic carbocycles. The van der Waals surface area contributed by atoms with E-state index in [9.17, 15) is 22.9 Å². The molecule has 0 bridgehead atoms. The molecule has 0 fully saturated rings. The molecule has 0 unspecified atom stereocenters. The van der Waals surface area contributed by atoms with Crippen LogP contribution in [-0.2, 0) is 0 Å². The molecule has 144 valence electrons. The van der Waals surface area contributed by atoms with Gasteiger partial charge in [0.1, 0.15) is 11.4 Å². The predicted octanol–water partition coefficient (Wildman–Crippen LogP) is 3.26. The van der Waals surface area contributed by atoms with Gasteiger partial charge in [-0.25, -0.2) is 0 Å². The van der Waals surface area contributed by atoms with Gasteiger partial charge >= 0.3 is 18.6 Å². The molecule has 0 saturated carbocycles. The first kappa shape index (κ1) is 19.0. The van der Waals surface area contributed by atoms with Gasteiger partial charge in [-0.3, -0.25) is 9.69 Å². The normalized spacial score (nSPS) is 11.1. The number of hydrogen-bond donors (Lipinski definition) is 1. The maximum atomic E-state index is 12.5. The summed E-state index contributed by atoms with van der Waals surface area (Å²) in [5.74, 6) is -0.525. The lowest BCUT2D eigenvalue weighted by atomic mass is 10.2. The number of hydrogen-bond acceptors (Lipinski definition) is 5. The number of aromatic amines is 1. The second-order valence-corrected chi connectivity index (χ2v) is 5.59. The Morgan fingerprint density at radius 1 is 1.14 bits per heavy atom. The van der Waals surface area contributed by atoms with E-state index in [4.69, 9.17) is 0 Å². The topological polar surface area (TPSA) is 91.5 Å². The number of ether oxygens (including phenoxy) is 1. The van der Waals surface area contributed by atoms with E-state index in [1.54, 1.807) is 0 Å². The van der Waals surface area contributed by atoms with Crippen molar-refractivity contribution in [3.8, 4) is 11.4 Å². The van der Waals surface area contributed by atoms with Crippen LogP contribution in [0.5, 0.6) is 5.75 Å². The van der Waals surface area contributed by atoms with E-state index in [1.165, 1.54) is 59.4 Å². The zero-order chi connectivity index (χ0) is 20.3. The molecule has 3 rings (SSSR count). The molecule has 0 spiro atoms. The van der Waals surface area contributed by atoms with E-state index in [0.717, 1.165) is 12.1 Å². The third-order valence-electron chi connectivity index (χ3n) is 3.71. The molecule has 1 amide bonds. The van der Waals surface area contributed by atoms with Gasteiger partial charge in [0.2, 0.25) is 0 Å². The fraction of sp³-hybridized carbons (Fsp3) is 0.118. The molecule has 0 aliphatic carbocycles. The van der Waals surface area contributed by atoms with Crippen molar-refractivity contribution in [2.24, 2.45) is 5.18 Å². The first-order valence-corrected chi connectivity index (χ1v) is 7.81. The Hall–Kier alpha value is -3.76. The second-order valence-electron chi connectivity index (χ2n) is 5.59. The first-order valence-electron chi connectivity index (χ1n) is 7.81. The quantitative estimate of drug-likeness (QED) is 0.533. The molecule has 0 radical (unpaired) electrons. The highest BCUT2D eigenvalue weighted by molar-refractivity contribution is 6.04. The third kappa shape index (κ3) is 4.31. The summed E-state index contributed by atoms with van der Waals surface area (Å²) in [5, 5.41) is 5.62. The van der Waals surface area contributed by atoms with E-state index >= 15 is 0 Å². The van der Waals surface area contributed by atoms with Crippen LogP contribution in [0.4, 0.5) is 24.8 Å². The number of benzene rings is 2. The predicted molar refractivity (Wildman–Crippen MR) is 91.4 cm³/mol. The van der Waals surface area contributed by atoms with E-state index in [1.807, 2.05) is 0 Å². The summed E-state index contributed by atoms with van der Waals surface area (Å²) in [4.78, 5) is 28.3. The van der Waals surface area contributed by atoms with E-state index < -0.39 is 6.36 Å². The summed E-state index contributed by atoms with van der Waals surface area (Å²) < 4.78 is 41.9. The van der Waals surface area contributed by atoms with Crippen molar-refractivity contribution in [3.63, 3.8) is 0 Å². The zero-order valence-corrected chi connectivity index (χ0v) is 14.3. The van der Waals surface area contributed by atoms with Gasteiger partial charge in [-0.05, 0) is 58.7 Å². The fourth-order valence-electron chi connectivity index (χ4n) is 2.33. The Morgan fingerprint density at radius 2 is 1.79 bits per heavy atom. The summed E-state index contributed by atoms with van der Waals surface area (Å²) >= 11 is 0. The van der Waals surface area contributed by atoms with Gasteiger partial charge in [0, 0.05) is 12.6 Å². The number of nitrogens with one attached hydrogen (secondary N) is 1. The summed E-state index contributed by atoms with van der Waals surface area (Å²) in [6.45, 7) is 0. The Labute approximate surface area is 156 Å². The lowest BCUT2D eigenvalue weighted by Gasteiger charge is -2.10. The van der Waals surface area contributed by atoms with Gasteiger partial charge in [-0.1, -0.05) is 0 Å². The number of carbonyl (C=O) groups is 1. The number of aromatic nitrogens is 3. The number of amides is 1. The number of halogens is 3. The van der Waals surface area contributed by atoms with Crippen LogP contribution in [0.2, 0.25) is 0 Å². The highest BCUT2D eigenvalue weighted by Gasteiger charge is 2.31. The summed E-state index contributed by atoms with van der Waals surface area (Å²) in [5.41, 5.74) is 1.01. The summed E-state index contributed by atoms with van der Waals surface area (Å²) in [7, 11) is 1.50. The van der Waals surface area contributed by atoms with Crippen LogP contribution >= 0.6 is 0 Å². The second kappa shape index (κ2) is 7.47. The number of alkyl halides is 3. The Morgan fingerprint density at radius 3 is 2.36 bits per heavy atom. The minimum Gasteiger partial charge on any atom is -0.406 e. The highest BCUT2D eigenvalue weighted by Crippen LogP contribution is 2.22. The van der Waals surface area contributed by atoms with Crippen LogP contribution in [0, 0.1) is 4.91 Å². The van der Waals surface area contributed by atoms with E-state index in [2.05, 4.69) is 20.0 Å². The van der Waals surface area contributed by atoms with Crippen molar-refractivity contribution in [3.05, 3.63) is 65.3 Å². The van der Waals surface area contributed by atoms with Crippen molar-refractivity contribution >= 4 is 17.5 Å². The standard InChI is InChI=1S/C17H12F3N5O3/c1-24(15(26)11-2-4-12(23-27)5-3-11)16-21-10-25(22-16)13-6-8-14(9-7-13)28-17(18,19)20/h2-10H,1H3/p+1. The third-order valence-corrected chi connectivity index (χ3v) is 3.71. The maximum absolute atomic E-state index is 12.5. The molecule has 11 heteroatoms. The van der Waals surface area contributed by atoms with Crippen molar-refractivity contribution in [2.75, 3.05) is 11.9 Å². The molecule has 28 heavy (non-hydrogen) atoms. The smallest absolute Gasteiger partial charge is 0.406 e. The van der Waals surface area contributed by atoms with Gasteiger partial charge in [0.25, 0.3) is 5.91 Å². The van der Waals surface area contributed by atoms with Gasteiger partial charge in [0.05, 0.1) is 0 Å². The van der Waals surface area contributed by atoms with E-state index in [-0.39, 0.29) is 23.3 Å². The Bertz CT molecular complexity index is 985. The van der Waals surface area contributed by atoms with Gasteiger partial charge in [-0.15, -0.1) is 22.8 Å². The van der Waals surface area contributed by atoms with Crippen LogP contribution in [0.15, 0.2) is 60.0 Å². The molecule has 1 aromatic heterocycles. The molecule has 1 N–H and O–H groups in total. The first-order chi connectivity index (χ1) is 13.3. The van der Waals surface area contributed by atoms with Crippen molar-refractivity contribution < 1.29 is 27.4 Å². The number of carbonyl (C=O) groups excluding carboxylic acids is 1. The molecular weight excluding hydrogens is 379 g/mol. The number of nitrogens with zero attached hydrogens (tertiary/aromatic N) is 4. The van der Waals surface area contributed by atoms with Crippen molar-refractivity contribution in [1.29, 1.82) is 0 Å². The van der Waals surface area contributed by atoms with Crippen LogP contribution < -0.4 is 14.3 Å². The number of nitroso groups, excluding NO2 is 1.